The Bertz CT molecular complexity index is 867. The molecule has 2 heterocycles. The maximum absolute atomic E-state index is 13.7. The number of anilines is 1. The molecule has 5 rings (SSSR count). The van der Waals surface area contributed by atoms with Crippen molar-refractivity contribution in [3.05, 3.63) is 63.9 Å². The summed E-state index contributed by atoms with van der Waals surface area (Å²) in [6.45, 7) is 0.263. The van der Waals surface area contributed by atoms with Crippen molar-refractivity contribution in [2.24, 2.45) is 5.92 Å². The monoisotopic (exact) mass is 387 g/mol. The van der Waals surface area contributed by atoms with Crippen molar-refractivity contribution < 1.29 is 13.9 Å². The number of nitrogens with one attached hydrogen (secondary N) is 1. The van der Waals surface area contributed by atoms with E-state index in [1.807, 2.05) is 18.2 Å². The van der Waals surface area contributed by atoms with Crippen LogP contribution in [0.4, 0.5) is 10.1 Å². The number of halogens is 2. The Morgan fingerprint density at radius 2 is 1.92 bits per heavy atom. The maximum atomic E-state index is 13.7. The second kappa shape index (κ2) is 5.24. The molecular formula is C19H15BrFNO2. The number of hydrogen-bond acceptors (Lipinski definition) is 3. The van der Waals surface area contributed by atoms with Gasteiger partial charge in [0.1, 0.15) is 5.82 Å². The minimum atomic E-state index is -0.183. The fourth-order valence-electron chi connectivity index (χ4n) is 4.04. The molecule has 3 nitrogen and oxygen atoms in total. The lowest BCUT2D eigenvalue weighted by Gasteiger charge is -2.38. The molecular weight excluding hydrogens is 373 g/mol. The van der Waals surface area contributed by atoms with Gasteiger partial charge in [0.25, 0.3) is 0 Å². The molecule has 2 aromatic carbocycles. The number of hydrogen-bond donors (Lipinski definition) is 1. The molecule has 0 aromatic heterocycles. The molecule has 122 valence electrons. The highest BCUT2D eigenvalue weighted by Crippen LogP contribution is 2.52. The second-order valence-corrected chi connectivity index (χ2v) is 7.29. The van der Waals surface area contributed by atoms with Crippen LogP contribution in [0.5, 0.6) is 11.5 Å². The van der Waals surface area contributed by atoms with Crippen LogP contribution in [0, 0.1) is 11.7 Å². The van der Waals surface area contributed by atoms with Gasteiger partial charge in [-0.1, -0.05) is 28.1 Å². The van der Waals surface area contributed by atoms with E-state index in [-0.39, 0.29) is 24.6 Å². The molecule has 0 unspecified atom stereocenters. The Balaban J connectivity index is 1.61. The largest absolute Gasteiger partial charge is 0.454 e. The molecule has 0 fully saturated rings. The summed E-state index contributed by atoms with van der Waals surface area (Å²) in [6.07, 6.45) is 5.38. The van der Waals surface area contributed by atoms with Gasteiger partial charge in [-0.3, -0.25) is 0 Å². The van der Waals surface area contributed by atoms with E-state index in [0.717, 1.165) is 39.2 Å². The molecule has 0 spiro atoms. The van der Waals surface area contributed by atoms with Crippen molar-refractivity contribution in [2.45, 2.75) is 18.4 Å². The third-order valence-electron chi connectivity index (χ3n) is 5.15. The summed E-state index contributed by atoms with van der Waals surface area (Å²) in [6, 6.07) is 9.15. The average molecular weight is 388 g/mol. The fourth-order valence-corrected chi connectivity index (χ4v) is 4.61. The van der Waals surface area contributed by atoms with E-state index in [1.54, 1.807) is 6.07 Å². The van der Waals surface area contributed by atoms with E-state index in [1.165, 1.54) is 6.07 Å². The van der Waals surface area contributed by atoms with E-state index in [4.69, 9.17) is 9.47 Å². The Hall–Kier alpha value is -2.01. The zero-order valence-corrected chi connectivity index (χ0v) is 14.3. The van der Waals surface area contributed by atoms with Crippen LogP contribution < -0.4 is 14.8 Å². The van der Waals surface area contributed by atoms with Gasteiger partial charge in [0.2, 0.25) is 6.79 Å². The van der Waals surface area contributed by atoms with E-state index < -0.39 is 0 Å². The van der Waals surface area contributed by atoms with Crippen LogP contribution in [0.1, 0.15) is 29.5 Å². The van der Waals surface area contributed by atoms with Gasteiger partial charge in [-0.05, 0) is 53.8 Å². The van der Waals surface area contributed by atoms with Crippen molar-refractivity contribution >= 4 is 21.6 Å². The predicted octanol–water partition coefficient (Wildman–Crippen LogP) is 5.14. The molecule has 1 N–H and O–H groups in total. The molecule has 0 saturated heterocycles. The summed E-state index contributed by atoms with van der Waals surface area (Å²) >= 11 is 3.68. The van der Waals surface area contributed by atoms with Crippen LogP contribution in [-0.2, 0) is 0 Å². The predicted molar refractivity (Wildman–Crippen MR) is 93.0 cm³/mol. The lowest BCUT2D eigenvalue weighted by molar-refractivity contribution is 0.174. The first-order valence-corrected chi connectivity index (χ1v) is 8.82. The maximum Gasteiger partial charge on any atom is 0.231 e. The highest BCUT2D eigenvalue weighted by atomic mass is 79.9. The molecule has 0 radical (unpaired) electrons. The smallest absolute Gasteiger partial charge is 0.231 e. The van der Waals surface area contributed by atoms with Crippen molar-refractivity contribution in [2.75, 3.05) is 12.1 Å². The molecule has 2 aliphatic heterocycles. The minimum absolute atomic E-state index is 0.131. The van der Waals surface area contributed by atoms with Gasteiger partial charge >= 0.3 is 0 Å². The van der Waals surface area contributed by atoms with Crippen LogP contribution >= 0.6 is 15.9 Å². The van der Waals surface area contributed by atoms with Crippen LogP contribution in [0.3, 0.4) is 0 Å². The van der Waals surface area contributed by atoms with Gasteiger partial charge < -0.3 is 14.8 Å². The Kier molecular flexibility index (Phi) is 3.13. The number of ether oxygens (including phenoxy) is 2. The summed E-state index contributed by atoms with van der Waals surface area (Å²) in [4.78, 5) is 0. The van der Waals surface area contributed by atoms with Gasteiger partial charge in [-0.25, -0.2) is 4.39 Å². The number of fused-ring (bicyclic) bond motifs is 4. The lowest BCUT2D eigenvalue weighted by atomic mass is 9.77. The topological polar surface area (TPSA) is 30.5 Å². The second-order valence-electron chi connectivity index (χ2n) is 6.43. The van der Waals surface area contributed by atoms with Gasteiger partial charge in [-0.15, -0.1) is 0 Å². The first-order valence-electron chi connectivity index (χ1n) is 8.02. The molecule has 3 atom stereocenters. The molecule has 3 aliphatic rings. The van der Waals surface area contributed by atoms with Crippen LogP contribution in [0.2, 0.25) is 0 Å². The lowest BCUT2D eigenvalue weighted by Crippen LogP contribution is -2.29. The van der Waals surface area contributed by atoms with Crippen LogP contribution in [-0.4, -0.2) is 6.79 Å². The zero-order valence-electron chi connectivity index (χ0n) is 12.8. The normalized spacial score (nSPS) is 26.0. The van der Waals surface area contributed by atoms with E-state index in [0.29, 0.717) is 5.92 Å². The van der Waals surface area contributed by atoms with Gasteiger partial charge in [0.05, 0.1) is 6.04 Å². The molecule has 0 saturated carbocycles. The van der Waals surface area contributed by atoms with Crippen LogP contribution in [0.25, 0.3) is 0 Å². The Labute approximate surface area is 147 Å². The summed E-state index contributed by atoms with van der Waals surface area (Å²) in [5.74, 6) is 1.96. The van der Waals surface area contributed by atoms with Crippen LogP contribution in [0.15, 0.2) is 47.0 Å². The third kappa shape index (κ3) is 2.07. The average Bonchev–Trinajstić information content (AvgIpc) is 3.22. The first kappa shape index (κ1) is 14.3. The van der Waals surface area contributed by atoms with Crippen molar-refractivity contribution in [3.8, 4) is 11.5 Å². The fraction of sp³-hybridized carbons (Fsp3) is 0.263. The summed E-state index contributed by atoms with van der Waals surface area (Å²) in [5.41, 5.74) is 3.19. The summed E-state index contributed by atoms with van der Waals surface area (Å²) < 4.78 is 25.7. The van der Waals surface area contributed by atoms with Crippen molar-refractivity contribution in [1.29, 1.82) is 0 Å². The molecule has 0 amide bonds. The van der Waals surface area contributed by atoms with Gasteiger partial charge in [0.15, 0.2) is 11.5 Å². The van der Waals surface area contributed by atoms with Crippen molar-refractivity contribution in [1.82, 2.24) is 0 Å². The Morgan fingerprint density at radius 1 is 1.08 bits per heavy atom. The number of benzene rings is 2. The zero-order chi connectivity index (χ0) is 16.3. The van der Waals surface area contributed by atoms with E-state index in [9.17, 15) is 4.39 Å². The van der Waals surface area contributed by atoms with E-state index >= 15 is 0 Å². The highest BCUT2D eigenvalue weighted by Gasteiger charge is 2.39. The molecule has 2 aromatic rings. The van der Waals surface area contributed by atoms with Crippen molar-refractivity contribution in [3.63, 3.8) is 0 Å². The highest BCUT2D eigenvalue weighted by molar-refractivity contribution is 9.10. The Morgan fingerprint density at radius 3 is 2.79 bits per heavy atom. The molecule has 5 heteroatoms. The third-order valence-corrected chi connectivity index (χ3v) is 5.84. The quantitative estimate of drug-likeness (QED) is 0.686. The van der Waals surface area contributed by atoms with Gasteiger partial charge in [-0.2, -0.15) is 0 Å². The molecule has 1 aliphatic carbocycles. The first-order chi connectivity index (χ1) is 11.7. The number of allylic oxidation sites excluding steroid dienone is 2. The van der Waals surface area contributed by atoms with Gasteiger partial charge in [0, 0.05) is 16.1 Å². The SMILES string of the molecule is Fc1ccc2c(c1)[C@@H]1C=CC[C@H]1[C@H](c1cc3c(cc1Br)OCO3)N2. The standard InChI is InChI=1S/C19H15BrFNO2/c20-15-8-18-17(23-9-24-18)7-14(15)19-12-3-1-2-11(12)13-6-10(21)4-5-16(13)22-19/h1-2,4-8,11-12,19,22H,3,9H2/t11-,12-,19-/m1/s1. The van der Waals surface area contributed by atoms with E-state index in [2.05, 4.69) is 33.4 Å². The minimum Gasteiger partial charge on any atom is -0.454 e. The molecule has 24 heavy (non-hydrogen) atoms. The summed E-state index contributed by atoms with van der Waals surface area (Å²) in [7, 11) is 0. The summed E-state index contributed by atoms with van der Waals surface area (Å²) in [5, 5.41) is 3.61. The number of rotatable bonds is 1. The molecule has 0 bridgehead atoms.